The summed E-state index contributed by atoms with van der Waals surface area (Å²) in [4.78, 5) is 3.95. The summed E-state index contributed by atoms with van der Waals surface area (Å²) >= 11 is 5.24. The molecule has 3 rings (SSSR count). The van der Waals surface area contributed by atoms with Crippen LogP contribution >= 0.6 is 12.2 Å². The van der Waals surface area contributed by atoms with Crippen LogP contribution in [0.25, 0.3) is 10.8 Å². The Morgan fingerprint density at radius 3 is 2.74 bits per heavy atom. The van der Waals surface area contributed by atoms with Gasteiger partial charge in [0.05, 0.1) is 0 Å². The molecule has 0 unspecified atom stereocenters. The number of thiocarbonyl (C=S) groups is 1. The number of hydrogen-bond donors (Lipinski definition) is 3. The van der Waals surface area contributed by atoms with Gasteiger partial charge in [-0.05, 0) is 23.7 Å². The molecule has 0 saturated heterocycles. The number of aromatic nitrogens is 3. The standard InChI is InChI=1S/C13H11N5S/c19-13(17-12-14-8-15-18-12)16-11-7-3-5-9-4-1-2-6-10(9)11/h1-8H,(H3,14,15,16,17,18,19). The Balaban J connectivity index is 1.83. The minimum absolute atomic E-state index is 0.466. The molecule has 6 heteroatoms. The molecule has 94 valence electrons. The van der Waals surface area contributed by atoms with E-state index in [9.17, 15) is 0 Å². The van der Waals surface area contributed by atoms with Gasteiger partial charge in [0.25, 0.3) is 0 Å². The summed E-state index contributed by atoms with van der Waals surface area (Å²) < 4.78 is 0. The van der Waals surface area contributed by atoms with Gasteiger partial charge in [0, 0.05) is 11.1 Å². The van der Waals surface area contributed by atoms with Crippen molar-refractivity contribution in [1.82, 2.24) is 15.2 Å². The number of aromatic amines is 1. The van der Waals surface area contributed by atoms with Crippen molar-refractivity contribution in [3.63, 3.8) is 0 Å². The summed E-state index contributed by atoms with van der Waals surface area (Å²) in [6.07, 6.45) is 1.42. The summed E-state index contributed by atoms with van der Waals surface area (Å²) in [5, 5.41) is 15.3. The molecular formula is C13H11N5S. The van der Waals surface area contributed by atoms with Crippen molar-refractivity contribution in [2.24, 2.45) is 0 Å². The van der Waals surface area contributed by atoms with Crippen molar-refractivity contribution in [2.45, 2.75) is 0 Å². The Kier molecular flexibility index (Phi) is 3.07. The number of benzene rings is 2. The van der Waals surface area contributed by atoms with Crippen molar-refractivity contribution in [1.29, 1.82) is 0 Å². The fraction of sp³-hybridized carbons (Fsp3) is 0. The van der Waals surface area contributed by atoms with Gasteiger partial charge in [-0.2, -0.15) is 10.1 Å². The van der Waals surface area contributed by atoms with Crippen molar-refractivity contribution in [3.8, 4) is 0 Å². The van der Waals surface area contributed by atoms with Crippen molar-refractivity contribution < 1.29 is 0 Å². The minimum Gasteiger partial charge on any atom is -0.332 e. The fourth-order valence-electron chi connectivity index (χ4n) is 1.86. The number of hydrogen-bond acceptors (Lipinski definition) is 3. The smallest absolute Gasteiger partial charge is 0.224 e. The number of H-pyrrole nitrogens is 1. The zero-order chi connectivity index (χ0) is 13.1. The fourth-order valence-corrected chi connectivity index (χ4v) is 2.07. The molecule has 0 aliphatic carbocycles. The van der Waals surface area contributed by atoms with E-state index in [2.05, 4.69) is 44.0 Å². The highest BCUT2D eigenvalue weighted by Crippen LogP contribution is 2.22. The predicted octanol–water partition coefficient (Wildman–Crippen LogP) is 2.77. The van der Waals surface area contributed by atoms with Gasteiger partial charge < -0.3 is 10.6 Å². The number of fused-ring (bicyclic) bond motifs is 1. The van der Waals surface area contributed by atoms with Gasteiger partial charge >= 0.3 is 0 Å². The molecule has 0 spiro atoms. The third-order valence-corrected chi connectivity index (χ3v) is 2.89. The van der Waals surface area contributed by atoms with Crippen LogP contribution in [0.5, 0.6) is 0 Å². The lowest BCUT2D eigenvalue weighted by atomic mass is 10.1. The summed E-state index contributed by atoms with van der Waals surface area (Å²) in [7, 11) is 0. The van der Waals surface area contributed by atoms with E-state index in [4.69, 9.17) is 12.2 Å². The van der Waals surface area contributed by atoms with Crippen molar-refractivity contribution in [3.05, 3.63) is 48.8 Å². The Bertz CT molecular complexity index is 703. The third-order valence-electron chi connectivity index (χ3n) is 2.68. The molecule has 0 fully saturated rings. The Labute approximate surface area is 115 Å². The van der Waals surface area contributed by atoms with Gasteiger partial charge in [-0.3, -0.25) is 0 Å². The lowest BCUT2D eigenvalue weighted by molar-refractivity contribution is 1.10. The minimum atomic E-state index is 0.466. The van der Waals surface area contributed by atoms with Crippen LogP contribution in [0.3, 0.4) is 0 Å². The molecule has 19 heavy (non-hydrogen) atoms. The van der Waals surface area contributed by atoms with Crippen molar-refractivity contribution in [2.75, 3.05) is 10.6 Å². The van der Waals surface area contributed by atoms with Crippen molar-refractivity contribution >= 4 is 39.7 Å². The maximum atomic E-state index is 5.24. The molecule has 0 radical (unpaired) electrons. The van der Waals surface area contributed by atoms with E-state index < -0.39 is 0 Å². The van der Waals surface area contributed by atoms with Gasteiger partial charge in [-0.25, -0.2) is 5.10 Å². The molecular weight excluding hydrogens is 258 g/mol. The molecule has 2 aromatic carbocycles. The Morgan fingerprint density at radius 1 is 1.05 bits per heavy atom. The first kappa shape index (κ1) is 11.6. The maximum Gasteiger partial charge on any atom is 0.224 e. The molecule has 0 amide bonds. The van der Waals surface area contributed by atoms with Crippen LogP contribution in [0.1, 0.15) is 0 Å². The molecule has 0 aliphatic heterocycles. The first-order valence-corrected chi connectivity index (χ1v) is 6.15. The van der Waals surface area contributed by atoms with E-state index in [-0.39, 0.29) is 0 Å². The van der Waals surface area contributed by atoms with Gasteiger partial charge in [-0.15, -0.1) is 0 Å². The van der Waals surface area contributed by atoms with Crippen LogP contribution in [0, 0.1) is 0 Å². The lowest BCUT2D eigenvalue weighted by Gasteiger charge is -2.10. The lowest BCUT2D eigenvalue weighted by Crippen LogP contribution is -2.20. The summed E-state index contributed by atoms with van der Waals surface area (Å²) in [6.45, 7) is 0. The summed E-state index contributed by atoms with van der Waals surface area (Å²) in [5.74, 6) is 0.512. The first-order valence-electron chi connectivity index (χ1n) is 5.74. The van der Waals surface area contributed by atoms with Gasteiger partial charge in [0.2, 0.25) is 5.95 Å². The van der Waals surface area contributed by atoms with Crippen LogP contribution < -0.4 is 10.6 Å². The molecule has 1 heterocycles. The monoisotopic (exact) mass is 269 g/mol. The highest BCUT2D eigenvalue weighted by molar-refractivity contribution is 7.80. The molecule has 0 bridgehead atoms. The van der Waals surface area contributed by atoms with E-state index in [1.54, 1.807) is 0 Å². The zero-order valence-electron chi connectivity index (χ0n) is 9.92. The van der Waals surface area contributed by atoms with Crippen LogP contribution in [-0.4, -0.2) is 20.3 Å². The third kappa shape index (κ3) is 2.53. The van der Waals surface area contributed by atoms with Gasteiger partial charge in [0.1, 0.15) is 6.33 Å². The predicted molar refractivity (Wildman–Crippen MR) is 80.2 cm³/mol. The van der Waals surface area contributed by atoms with E-state index in [0.29, 0.717) is 11.1 Å². The largest absolute Gasteiger partial charge is 0.332 e. The molecule has 0 saturated carbocycles. The Hall–Kier alpha value is -2.47. The quantitative estimate of drug-likeness (QED) is 0.624. The molecule has 3 aromatic rings. The van der Waals surface area contributed by atoms with Crippen LogP contribution in [-0.2, 0) is 0 Å². The molecule has 1 aromatic heterocycles. The second-order valence-corrected chi connectivity index (χ2v) is 4.35. The topological polar surface area (TPSA) is 65.6 Å². The number of rotatable bonds is 2. The molecule has 0 aliphatic rings. The van der Waals surface area contributed by atoms with E-state index in [0.717, 1.165) is 16.5 Å². The SMILES string of the molecule is S=C(Nc1ncn[nH]1)Nc1cccc2ccccc12. The Morgan fingerprint density at radius 2 is 1.89 bits per heavy atom. The number of anilines is 2. The van der Waals surface area contributed by atoms with Crippen LogP contribution in [0.15, 0.2) is 48.8 Å². The first-order chi connectivity index (χ1) is 9.33. The molecule has 0 atom stereocenters. The highest BCUT2D eigenvalue weighted by Gasteiger charge is 2.03. The van der Waals surface area contributed by atoms with Gasteiger partial charge in [-0.1, -0.05) is 36.4 Å². The molecule has 5 nitrogen and oxygen atoms in total. The average Bonchev–Trinajstić information content (AvgIpc) is 2.92. The van der Waals surface area contributed by atoms with E-state index in [1.807, 2.05) is 24.3 Å². The van der Waals surface area contributed by atoms with Gasteiger partial charge in [0.15, 0.2) is 5.11 Å². The zero-order valence-corrected chi connectivity index (χ0v) is 10.7. The van der Waals surface area contributed by atoms with E-state index >= 15 is 0 Å². The number of nitrogens with zero attached hydrogens (tertiary/aromatic N) is 2. The number of nitrogens with one attached hydrogen (secondary N) is 3. The second-order valence-electron chi connectivity index (χ2n) is 3.94. The second kappa shape index (κ2) is 5.03. The van der Waals surface area contributed by atoms with E-state index in [1.165, 1.54) is 6.33 Å². The normalized spacial score (nSPS) is 10.3. The maximum absolute atomic E-state index is 5.24. The summed E-state index contributed by atoms with van der Waals surface area (Å²) in [5.41, 5.74) is 0.954. The average molecular weight is 269 g/mol. The highest BCUT2D eigenvalue weighted by atomic mass is 32.1. The summed E-state index contributed by atoms with van der Waals surface area (Å²) in [6, 6.07) is 14.2. The molecule has 3 N–H and O–H groups in total. The van der Waals surface area contributed by atoms with Crippen LogP contribution in [0.4, 0.5) is 11.6 Å². The van der Waals surface area contributed by atoms with Crippen LogP contribution in [0.2, 0.25) is 0 Å².